The predicted molar refractivity (Wildman–Crippen MR) is 72.2 cm³/mol. The number of carbonyl (C=O) groups is 2. The van der Waals surface area contributed by atoms with Gasteiger partial charge in [-0.3, -0.25) is 9.59 Å². The molecule has 108 valence electrons. The van der Waals surface area contributed by atoms with Crippen molar-refractivity contribution in [3.63, 3.8) is 0 Å². The second-order valence-corrected chi connectivity index (χ2v) is 5.56. The first kappa shape index (κ1) is 15.1. The number of carboxylic acid groups (broad SMARTS) is 1. The topological polar surface area (TPSA) is 66.4 Å². The van der Waals surface area contributed by atoms with Gasteiger partial charge in [-0.1, -0.05) is 23.2 Å². The third-order valence-electron chi connectivity index (χ3n) is 3.32. The van der Waals surface area contributed by atoms with Crippen LogP contribution in [-0.4, -0.2) is 17.0 Å². The molecule has 0 aliphatic heterocycles. The molecular formula is C13H12Cl2FNO3. The van der Waals surface area contributed by atoms with Crippen LogP contribution < -0.4 is 5.32 Å². The lowest BCUT2D eigenvalue weighted by Gasteiger charge is -2.17. The molecule has 0 aromatic heterocycles. The Morgan fingerprint density at radius 2 is 2.05 bits per heavy atom. The van der Waals surface area contributed by atoms with Crippen LogP contribution in [0.3, 0.4) is 0 Å². The molecule has 20 heavy (non-hydrogen) atoms. The van der Waals surface area contributed by atoms with E-state index in [-0.39, 0.29) is 21.5 Å². The van der Waals surface area contributed by atoms with Gasteiger partial charge in [0, 0.05) is 10.6 Å². The lowest BCUT2D eigenvalue weighted by atomic mass is 10.1. The highest BCUT2D eigenvalue weighted by atomic mass is 35.5. The van der Waals surface area contributed by atoms with E-state index in [2.05, 4.69) is 5.32 Å². The molecule has 3 unspecified atom stereocenters. The van der Waals surface area contributed by atoms with E-state index in [0.29, 0.717) is 6.42 Å². The maximum Gasteiger partial charge on any atom is 0.307 e. The Morgan fingerprint density at radius 1 is 1.40 bits per heavy atom. The summed E-state index contributed by atoms with van der Waals surface area (Å²) < 4.78 is 13.4. The predicted octanol–water partition coefficient (Wildman–Crippen LogP) is 3.03. The van der Waals surface area contributed by atoms with Crippen LogP contribution in [-0.2, 0) is 9.59 Å². The number of hydrogen-bond donors (Lipinski definition) is 2. The number of hydrogen-bond acceptors (Lipinski definition) is 2. The highest BCUT2D eigenvalue weighted by Crippen LogP contribution is 2.40. The van der Waals surface area contributed by atoms with E-state index in [1.54, 1.807) is 6.92 Å². The van der Waals surface area contributed by atoms with E-state index in [9.17, 15) is 14.0 Å². The maximum atomic E-state index is 13.4. The molecule has 1 aromatic rings. The molecule has 0 saturated heterocycles. The van der Waals surface area contributed by atoms with E-state index < -0.39 is 29.7 Å². The number of rotatable bonds is 4. The molecular weight excluding hydrogens is 308 g/mol. The summed E-state index contributed by atoms with van der Waals surface area (Å²) in [5, 5.41) is 11.5. The molecule has 4 nitrogen and oxygen atoms in total. The van der Waals surface area contributed by atoms with E-state index >= 15 is 0 Å². The van der Waals surface area contributed by atoms with Gasteiger partial charge in [0.1, 0.15) is 5.82 Å². The summed E-state index contributed by atoms with van der Waals surface area (Å²) in [4.78, 5) is 22.6. The number of nitrogens with one attached hydrogen (secondary N) is 1. The zero-order valence-corrected chi connectivity index (χ0v) is 12.0. The fourth-order valence-electron chi connectivity index (χ4n) is 2.09. The lowest BCUT2D eigenvalue weighted by molar-refractivity contribution is -0.140. The summed E-state index contributed by atoms with van der Waals surface area (Å²) in [7, 11) is 0. The summed E-state index contributed by atoms with van der Waals surface area (Å²) in [5.41, 5.74) is 0.286. The second kappa shape index (κ2) is 5.58. The number of carbonyl (C=O) groups excluding carboxylic acids is 1. The summed E-state index contributed by atoms with van der Waals surface area (Å²) >= 11 is 11.8. The fourth-order valence-corrected chi connectivity index (χ4v) is 2.79. The average molecular weight is 320 g/mol. The third kappa shape index (κ3) is 2.88. The quantitative estimate of drug-likeness (QED) is 0.838. The van der Waals surface area contributed by atoms with Crippen molar-refractivity contribution in [2.75, 3.05) is 0 Å². The Bertz CT molecular complexity index is 579. The minimum atomic E-state index is -0.986. The van der Waals surface area contributed by atoms with Crippen molar-refractivity contribution in [3.8, 4) is 0 Å². The number of carboxylic acids is 1. The average Bonchev–Trinajstić information content (AvgIpc) is 3.14. The van der Waals surface area contributed by atoms with Gasteiger partial charge < -0.3 is 10.4 Å². The number of aliphatic carboxylic acids is 1. The van der Waals surface area contributed by atoms with E-state index in [4.69, 9.17) is 28.3 Å². The van der Waals surface area contributed by atoms with Gasteiger partial charge in [-0.25, -0.2) is 4.39 Å². The lowest BCUT2D eigenvalue weighted by Crippen LogP contribution is -2.29. The molecule has 3 atom stereocenters. The molecule has 1 aromatic carbocycles. The van der Waals surface area contributed by atoms with Crippen LogP contribution in [0.4, 0.5) is 4.39 Å². The molecule has 2 N–H and O–H groups in total. The van der Waals surface area contributed by atoms with Gasteiger partial charge >= 0.3 is 5.97 Å². The minimum absolute atomic E-state index is 0.143. The normalized spacial score (nSPS) is 22.2. The maximum absolute atomic E-state index is 13.4. The monoisotopic (exact) mass is 319 g/mol. The zero-order chi connectivity index (χ0) is 15.0. The third-order valence-corrected chi connectivity index (χ3v) is 4.03. The Hall–Kier alpha value is -1.33. The largest absolute Gasteiger partial charge is 0.481 e. The Kier molecular flexibility index (Phi) is 4.20. The molecule has 0 bridgehead atoms. The van der Waals surface area contributed by atoms with E-state index in [0.717, 1.165) is 6.07 Å². The van der Waals surface area contributed by atoms with Crippen molar-refractivity contribution in [1.29, 1.82) is 0 Å². The molecule has 0 radical (unpaired) electrons. The number of benzene rings is 1. The molecule has 0 spiro atoms. The zero-order valence-electron chi connectivity index (χ0n) is 10.5. The van der Waals surface area contributed by atoms with Gasteiger partial charge in [-0.15, -0.1) is 0 Å². The standard InChI is InChI=1S/C13H12Cl2FNO3/c1-5(10-8(14)2-3-9(16)11(10)15)17-12(18)6-4-7(6)13(19)20/h2-3,5-7H,4H2,1H3,(H,17,18)(H,19,20). The van der Waals surface area contributed by atoms with Crippen LogP contribution in [0.25, 0.3) is 0 Å². The van der Waals surface area contributed by atoms with E-state index in [1.165, 1.54) is 6.07 Å². The first-order valence-electron chi connectivity index (χ1n) is 5.99. The first-order valence-corrected chi connectivity index (χ1v) is 6.75. The molecule has 1 aliphatic rings. The Labute approximate surface area is 124 Å². The molecule has 1 saturated carbocycles. The van der Waals surface area contributed by atoms with Crippen molar-refractivity contribution >= 4 is 35.1 Å². The van der Waals surface area contributed by atoms with Crippen molar-refractivity contribution < 1.29 is 19.1 Å². The molecule has 1 amide bonds. The SMILES string of the molecule is CC(NC(=O)C1CC1C(=O)O)c1c(Cl)ccc(F)c1Cl. The molecule has 1 aliphatic carbocycles. The van der Waals surface area contributed by atoms with Crippen molar-refractivity contribution in [2.24, 2.45) is 11.8 Å². The second-order valence-electron chi connectivity index (χ2n) is 4.77. The minimum Gasteiger partial charge on any atom is -0.481 e. The molecule has 2 rings (SSSR count). The van der Waals surface area contributed by atoms with Gasteiger partial charge in [-0.05, 0) is 25.5 Å². The van der Waals surface area contributed by atoms with Gasteiger partial charge in [0.25, 0.3) is 0 Å². The summed E-state index contributed by atoms with van der Waals surface area (Å²) in [6, 6.07) is 1.90. The fraction of sp³-hybridized carbons (Fsp3) is 0.385. The van der Waals surface area contributed by atoms with Crippen LogP contribution in [0.5, 0.6) is 0 Å². The van der Waals surface area contributed by atoms with Crippen molar-refractivity contribution in [1.82, 2.24) is 5.32 Å². The van der Waals surface area contributed by atoms with Crippen molar-refractivity contribution in [3.05, 3.63) is 33.6 Å². The summed E-state index contributed by atoms with van der Waals surface area (Å²) in [6.45, 7) is 1.61. The Morgan fingerprint density at radius 3 is 2.60 bits per heavy atom. The van der Waals surface area contributed by atoms with Crippen LogP contribution in [0.2, 0.25) is 10.0 Å². The molecule has 1 fully saturated rings. The van der Waals surface area contributed by atoms with Gasteiger partial charge in [0.2, 0.25) is 5.91 Å². The number of amides is 1. The van der Waals surface area contributed by atoms with Gasteiger partial charge in [0.05, 0.1) is 22.9 Å². The molecule has 0 heterocycles. The summed E-state index contributed by atoms with van der Waals surface area (Å²) in [5.74, 6) is -3.18. The Balaban J connectivity index is 2.10. The number of halogens is 3. The smallest absolute Gasteiger partial charge is 0.307 e. The van der Waals surface area contributed by atoms with Crippen LogP contribution in [0, 0.1) is 17.7 Å². The van der Waals surface area contributed by atoms with E-state index in [1.807, 2.05) is 0 Å². The van der Waals surface area contributed by atoms with Gasteiger partial charge in [0.15, 0.2) is 0 Å². The van der Waals surface area contributed by atoms with Crippen LogP contribution >= 0.6 is 23.2 Å². The highest BCUT2D eigenvalue weighted by Gasteiger charge is 2.48. The summed E-state index contributed by atoms with van der Waals surface area (Å²) in [6.07, 6.45) is 0.318. The van der Waals surface area contributed by atoms with Crippen LogP contribution in [0.15, 0.2) is 12.1 Å². The first-order chi connectivity index (χ1) is 9.32. The van der Waals surface area contributed by atoms with Crippen LogP contribution in [0.1, 0.15) is 24.9 Å². The molecule has 7 heteroatoms. The van der Waals surface area contributed by atoms with Gasteiger partial charge in [-0.2, -0.15) is 0 Å². The highest BCUT2D eigenvalue weighted by molar-refractivity contribution is 6.36. The van der Waals surface area contributed by atoms with Crippen molar-refractivity contribution in [2.45, 2.75) is 19.4 Å².